The van der Waals surface area contributed by atoms with Gasteiger partial charge in [-0.05, 0) is 17.7 Å². The average molecular weight is 267 g/mol. The summed E-state index contributed by atoms with van der Waals surface area (Å²) in [6.07, 6.45) is 3.94. The molecule has 0 aliphatic carbocycles. The van der Waals surface area contributed by atoms with Crippen LogP contribution in [0.5, 0.6) is 0 Å². The van der Waals surface area contributed by atoms with Gasteiger partial charge in [0.1, 0.15) is 0 Å². The van der Waals surface area contributed by atoms with Gasteiger partial charge in [-0.1, -0.05) is 42.5 Å². The van der Waals surface area contributed by atoms with Crippen molar-refractivity contribution in [2.24, 2.45) is 0 Å². The Balaban J connectivity index is 1.98. The van der Waals surface area contributed by atoms with Crippen LogP contribution in [0.1, 0.15) is 22.3 Å². The van der Waals surface area contributed by atoms with E-state index >= 15 is 0 Å². The number of benzene rings is 2. The van der Waals surface area contributed by atoms with Gasteiger partial charge in [0.05, 0.1) is 4.92 Å². The molecule has 0 fully saturated rings. The van der Waals surface area contributed by atoms with Crippen molar-refractivity contribution in [3.63, 3.8) is 0 Å². The molecule has 2 aromatic carbocycles. The van der Waals surface area contributed by atoms with Crippen molar-refractivity contribution in [2.45, 2.75) is 6.42 Å². The molecule has 0 heterocycles. The third kappa shape index (κ3) is 3.62. The van der Waals surface area contributed by atoms with E-state index in [1.165, 1.54) is 24.3 Å². The number of rotatable bonds is 5. The molecule has 0 aliphatic heterocycles. The quantitative estimate of drug-likeness (QED) is 0.469. The lowest BCUT2D eigenvalue weighted by atomic mass is 10.1. The highest BCUT2D eigenvalue weighted by Gasteiger charge is 2.07. The molecule has 2 rings (SSSR count). The molecule has 0 atom stereocenters. The number of ketones is 1. The molecule has 0 radical (unpaired) electrons. The van der Waals surface area contributed by atoms with E-state index in [9.17, 15) is 14.9 Å². The Kier molecular flexibility index (Phi) is 4.39. The Morgan fingerprint density at radius 2 is 1.70 bits per heavy atom. The van der Waals surface area contributed by atoms with Crippen LogP contribution in [0.4, 0.5) is 5.69 Å². The van der Waals surface area contributed by atoms with E-state index < -0.39 is 4.92 Å². The first kappa shape index (κ1) is 13.7. The fraction of sp³-hybridized carbons (Fsp3) is 0.0625. The zero-order chi connectivity index (χ0) is 14.4. The Morgan fingerprint density at radius 3 is 2.30 bits per heavy atom. The van der Waals surface area contributed by atoms with Crippen molar-refractivity contribution >= 4 is 17.5 Å². The molecule has 4 heteroatoms. The van der Waals surface area contributed by atoms with E-state index in [2.05, 4.69) is 0 Å². The van der Waals surface area contributed by atoms with Gasteiger partial charge in [0, 0.05) is 24.1 Å². The first-order valence-corrected chi connectivity index (χ1v) is 6.16. The molecule has 0 saturated heterocycles. The molecule has 0 unspecified atom stereocenters. The zero-order valence-corrected chi connectivity index (χ0v) is 10.7. The number of non-ortho nitro benzene ring substituents is 1. The minimum atomic E-state index is -0.483. The van der Waals surface area contributed by atoms with Gasteiger partial charge in [0.25, 0.3) is 5.69 Å². The number of hydrogen-bond donors (Lipinski definition) is 0. The number of nitro benzene ring substituents is 1. The highest BCUT2D eigenvalue weighted by molar-refractivity contribution is 5.97. The molecular formula is C16H13NO3. The molecule has 20 heavy (non-hydrogen) atoms. The predicted octanol–water partition coefficient (Wildman–Crippen LogP) is 3.88. The van der Waals surface area contributed by atoms with Gasteiger partial charge in [-0.3, -0.25) is 14.9 Å². The molecule has 100 valence electrons. The lowest BCUT2D eigenvalue weighted by Crippen LogP contribution is -1.97. The Morgan fingerprint density at radius 1 is 1.05 bits per heavy atom. The third-order valence-electron chi connectivity index (χ3n) is 2.81. The van der Waals surface area contributed by atoms with E-state index in [1.54, 1.807) is 6.08 Å². The number of nitro groups is 1. The molecule has 0 spiro atoms. The van der Waals surface area contributed by atoms with Gasteiger partial charge in [-0.25, -0.2) is 0 Å². The van der Waals surface area contributed by atoms with Crippen molar-refractivity contribution in [2.75, 3.05) is 0 Å². The van der Waals surface area contributed by atoms with E-state index in [0.29, 0.717) is 5.56 Å². The number of Topliss-reactive ketones (excluding diaryl/α,β-unsaturated/α-hetero) is 1. The van der Waals surface area contributed by atoms with Crippen molar-refractivity contribution in [3.05, 3.63) is 81.9 Å². The van der Waals surface area contributed by atoms with Gasteiger partial charge < -0.3 is 0 Å². The van der Waals surface area contributed by atoms with Crippen molar-refractivity contribution < 1.29 is 9.72 Å². The molecule has 0 aromatic heterocycles. The van der Waals surface area contributed by atoms with Crippen LogP contribution in [0.15, 0.2) is 60.7 Å². The predicted molar refractivity (Wildman–Crippen MR) is 77.5 cm³/mol. The lowest BCUT2D eigenvalue weighted by Gasteiger charge is -1.97. The van der Waals surface area contributed by atoms with Crippen molar-refractivity contribution in [1.29, 1.82) is 0 Å². The molecule has 2 aromatic rings. The third-order valence-corrected chi connectivity index (χ3v) is 2.81. The highest BCUT2D eigenvalue weighted by Crippen LogP contribution is 2.13. The summed E-state index contributed by atoms with van der Waals surface area (Å²) < 4.78 is 0. The molecular weight excluding hydrogens is 254 g/mol. The lowest BCUT2D eigenvalue weighted by molar-refractivity contribution is -0.384. The van der Waals surface area contributed by atoms with Gasteiger partial charge >= 0.3 is 0 Å². The van der Waals surface area contributed by atoms with Crippen LogP contribution in [-0.2, 0) is 0 Å². The first-order chi connectivity index (χ1) is 9.66. The summed E-state index contributed by atoms with van der Waals surface area (Å²) in [6, 6.07) is 15.3. The molecule has 0 N–H and O–H groups in total. The Hall–Kier alpha value is -2.75. The fourth-order valence-corrected chi connectivity index (χ4v) is 1.75. The molecule has 0 saturated carbocycles. The van der Waals surface area contributed by atoms with Gasteiger partial charge in [-0.2, -0.15) is 0 Å². The van der Waals surface area contributed by atoms with Crippen LogP contribution >= 0.6 is 0 Å². The molecule has 0 aliphatic rings. The summed E-state index contributed by atoms with van der Waals surface area (Å²) >= 11 is 0. The second kappa shape index (κ2) is 6.43. The standard InChI is InChI=1S/C16H13NO3/c18-16(8-4-7-13-5-2-1-3-6-13)14-9-11-15(12-10-14)17(19)20/h1-7,9-12H,8H2/b7-4+. The maximum atomic E-state index is 11.9. The SMILES string of the molecule is O=C(C/C=C/c1ccccc1)c1ccc([N+](=O)[O-])cc1. The van der Waals surface area contributed by atoms with Gasteiger partial charge in [0.15, 0.2) is 5.78 Å². The number of carbonyl (C=O) groups is 1. The van der Waals surface area contributed by atoms with Crippen molar-refractivity contribution in [3.8, 4) is 0 Å². The van der Waals surface area contributed by atoms with Crippen LogP contribution < -0.4 is 0 Å². The van der Waals surface area contributed by atoms with E-state index in [-0.39, 0.29) is 17.9 Å². The Labute approximate surface area is 116 Å². The summed E-state index contributed by atoms with van der Waals surface area (Å²) in [6.45, 7) is 0. The van der Waals surface area contributed by atoms with Crippen LogP contribution in [0.25, 0.3) is 6.08 Å². The zero-order valence-electron chi connectivity index (χ0n) is 10.7. The van der Waals surface area contributed by atoms with Crippen LogP contribution in [0.3, 0.4) is 0 Å². The molecule has 0 amide bonds. The number of hydrogen-bond acceptors (Lipinski definition) is 3. The van der Waals surface area contributed by atoms with E-state index in [1.807, 2.05) is 36.4 Å². The van der Waals surface area contributed by atoms with Gasteiger partial charge in [0.2, 0.25) is 0 Å². The number of carbonyl (C=O) groups excluding carboxylic acids is 1. The van der Waals surface area contributed by atoms with Crippen LogP contribution in [0, 0.1) is 10.1 Å². The monoisotopic (exact) mass is 267 g/mol. The van der Waals surface area contributed by atoms with Gasteiger partial charge in [-0.15, -0.1) is 0 Å². The summed E-state index contributed by atoms with van der Waals surface area (Å²) in [5.74, 6) is -0.0629. The number of nitrogens with zero attached hydrogens (tertiary/aromatic N) is 1. The minimum absolute atomic E-state index is 0.0126. The summed E-state index contributed by atoms with van der Waals surface area (Å²) in [7, 11) is 0. The largest absolute Gasteiger partial charge is 0.294 e. The molecule has 0 bridgehead atoms. The maximum absolute atomic E-state index is 11.9. The van der Waals surface area contributed by atoms with Crippen molar-refractivity contribution in [1.82, 2.24) is 0 Å². The molecule has 4 nitrogen and oxygen atoms in total. The van der Waals surface area contributed by atoms with E-state index in [0.717, 1.165) is 5.56 Å². The highest BCUT2D eigenvalue weighted by atomic mass is 16.6. The summed E-state index contributed by atoms with van der Waals surface area (Å²) in [4.78, 5) is 21.9. The first-order valence-electron chi connectivity index (χ1n) is 6.16. The summed E-state index contributed by atoms with van der Waals surface area (Å²) in [5, 5.41) is 10.5. The van der Waals surface area contributed by atoms with Crippen LogP contribution in [0.2, 0.25) is 0 Å². The minimum Gasteiger partial charge on any atom is -0.294 e. The normalized spacial score (nSPS) is 10.6. The Bertz CT molecular complexity index is 631. The fourth-order valence-electron chi connectivity index (χ4n) is 1.75. The maximum Gasteiger partial charge on any atom is 0.269 e. The smallest absolute Gasteiger partial charge is 0.269 e. The number of allylic oxidation sites excluding steroid dienone is 1. The van der Waals surface area contributed by atoms with Crippen LogP contribution in [-0.4, -0.2) is 10.7 Å². The topological polar surface area (TPSA) is 60.2 Å². The summed E-state index contributed by atoms with van der Waals surface area (Å²) in [5.41, 5.74) is 1.50. The van der Waals surface area contributed by atoms with E-state index in [4.69, 9.17) is 0 Å². The average Bonchev–Trinajstić information content (AvgIpc) is 2.48. The second-order valence-corrected chi connectivity index (χ2v) is 4.24. The second-order valence-electron chi connectivity index (χ2n) is 4.24.